The highest BCUT2D eigenvalue weighted by atomic mass is 15.3. The largest absolute Gasteiger partial charge is 0.312 e. The topological polar surface area (TPSA) is 29.9 Å². The third-order valence-corrected chi connectivity index (χ3v) is 4.55. The summed E-state index contributed by atoms with van der Waals surface area (Å²) in [6, 6.07) is 0.593. The minimum Gasteiger partial charge on any atom is -0.312 e. The molecule has 1 aliphatic rings. The number of aryl methyl sites for hydroxylation is 1. The van der Waals surface area contributed by atoms with E-state index in [4.69, 9.17) is 0 Å². The smallest absolute Gasteiger partial charge is 0.0625 e. The van der Waals surface area contributed by atoms with Crippen molar-refractivity contribution in [2.45, 2.75) is 66.0 Å². The third-order valence-electron chi connectivity index (χ3n) is 4.55. The molecule has 0 saturated heterocycles. The molecule has 0 radical (unpaired) electrons. The number of aromatic nitrogens is 2. The van der Waals surface area contributed by atoms with Crippen LogP contribution in [0.25, 0.3) is 0 Å². The maximum atomic E-state index is 4.68. The van der Waals surface area contributed by atoms with Crippen LogP contribution in [0.15, 0.2) is 0 Å². The summed E-state index contributed by atoms with van der Waals surface area (Å²) in [6.07, 6.45) is 5.58. The van der Waals surface area contributed by atoms with Crippen molar-refractivity contribution in [3.8, 4) is 0 Å². The van der Waals surface area contributed by atoms with Gasteiger partial charge in [0.15, 0.2) is 0 Å². The lowest BCUT2D eigenvalue weighted by molar-refractivity contribution is 0.314. The Bertz CT molecular complexity index is 389. The number of hydrogen-bond donors (Lipinski definition) is 1. The summed E-state index contributed by atoms with van der Waals surface area (Å²) < 4.78 is 2.20. The van der Waals surface area contributed by atoms with E-state index in [2.05, 4.69) is 42.8 Å². The molecule has 1 unspecified atom stereocenters. The molecule has 1 aromatic rings. The molecule has 3 heteroatoms. The summed E-state index contributed by atoms with van der Waals surface area (Å²) >= 11 is 0. The van der Waals surface area contributed by atoms with Crippen molar-refractivity contribution in [1.82, 2.24) is 15.1 Å². The van der Waals surface area contributed by atoms with E-state index in [0.717, 1.165) is 19.0 Å². The van der Waals surface area contributed by atoms with E-state index >= 15 is 0 Å². The predicted octanol–water partition coefficient (Wildman–Crippen LogP) is 2.98. The molecule has 0 spiro atoms. The zero-order chi connectivity index (χ0) is 13.1. The highest BCUT2D eigenvalue weighted by molar-refractivity contribution is 5.22. The number of rotatable bonds is 5. The molecule has 0 aliphatic heterocycles. The van der Waals surface area contributed by atoms with Gasteiger partial charge in [0.25, 0.3) is 0 Å². The van der Waals surface area contributed by atoms with Gasteiger partial charge < -0.3 is 5.32 Å². The molecule has 18 heavy (non-hydrogen) atoms. The van der Waals surface area contributed by atoms with Crippen molar-refractivity contribution in [2.24, 2.45) is 5.92 Å². The van der Waals surface area contributed by atoms with Crippen LogP contribution in [0.4, 0.5) is 0 Å². The van der Waals surface area contributed by atoms with Gasteiger partial charge in [0.1, 0.15) is 0 Å². The Kier molecular flexibility index (Phi) is 4.44. The first kappa shape index (κ1) is 13.6. The summed E-state index contributed by atoms with van der Waals surface area (Å²) in [5.41, 5.74) is 3.85. The maximum absolute atomic E-state index is 4.68. The Morgan fingerprint density at radius 2 is 1.94 bits per heavy atom. The van der Waals surface area contributed by atoms with Crippen LogP contribution in [0.2, 0.25) is 0 Å². The standard InChI is InChI=1S/C15H27N3/c1-5-16-15(14-8-6-7-9-14)10-18-13(4)11(2)12(3)17-18/h14-16H,5-10H2,1-4H3. The zero-order valence-corrected chi connectivity index (χ0v) is 12.3. The minimum atomic E-state index is 0.593. The van der Waals surface area contributed by atoms with Crippen molar-refractivity contribution in [3.05, 3.63) is 17.0 Å². The van der Waals surface area contributed by atoms with Gasteiger partial charge in [-0.25, -0.2) is 0 Å². The second-order valence-electron chi connectivity index (χ2n) is 5.69. The number of hydrogen-bond acceptors (Lipinski definition) is 2. The lowest BCUT2D eigenvalue weighted by atomic mass is 9.98. The lowest BCUT2D eigenvalue weighted by Gasteiger charge is -2.24. The van der Waals surface area contributed by atoms with Crippen molar-refractivity contribution < 1.29 is 0 Å². The fraction of sp³-hybridized carbons (Fsp3) is 0.800. The Morgan fingerprint density at radius 3 is 2.44 bits per heavy atom. The van der Waals surface area contributed by atoms with Crippen molar-refractivity contribution in [3.63, 3.8) is 0 Å². The summed E-state index contributed by atoms with van der Waals surface area (Å²) in [7, 11) is 0. The Balaban J connectivity index is 2.09. The molecule has 0 bridgehead atoms. The van der Waals surface area contributed by atoms with E-state index in [1.165, 1.54) is 42.6 Å². The van der Waals surface area contributed by atoms with Crippen LogP contribution in [0, 0.1) is 26.7 Å². The van der Waals surface area contributed by atoms with Crippen LogP contribution in [0.5, 0.6) is 0 Å². The molecule has 3 nitrogen and oxygen atoms in total. The average molecular weight is 249 g/mol. The number of nitrogens with one attached hydrogen (secondary N) is 1. The Morgan fingerprint density at radius 1 is 1.28 bits per heavy atom. The molecule has 1 fully saturated rings. The maximum Gasteiger partial charge on any atom is 0.0625 e. The first-order chi connectivity index (χ1) is 8.63. The number of likely N-dealkylation sites (N-methyl/N-ethyl adjacent to an activating group) is 1. The third kappa shape index (κ3) is 2.77. The van der Waals surface area contributed by atoms with Gasteiger partial charge in [0.2, 0.25) is 0 Å². The van der Waals surface area contributed by atoms with Crippen LogP contribution in [-0.4, -0.2) is 22.4 Å². The van der Waals surface area contributed by atoms with E-state index in [1.54, 1.807) is 0 Å². The van der Waals surface area contributed by atoms with Crippen molar-refractivity contribution >= 4 is 0 Å². The second kappa shape index (κ2) is 5.87. The molecule has 1 atom stereocenters. The van der Waals surface area contributed by atoms with E-state index < -0.39 is 0 Å². The molecule has 1 heterocycles. The summed E-state index contributed by atoms with van der Waals surface area (Å²) in [5.74, 6) is 0.842. The first-order valence-electron chi connectivity index (χ1n) is 7.37. The van der Waals surface area contributed by atoms with Gasteiger partial charge in [-0.05, 0) is 51.6 Å². The molecular formula is C15H27N3. The highest BCUT2D eigenvalue weighted by Gasteiger charge is 2.25. The van der Waals surface area contributed by atoms with Crippen LogP contribution >= 0.6 is 0 Å². The fourth-order valence-corrected chi connectivity index (χ4v) is 3.15. The van der Waals surface area contributed by atoms with E-state index in [0.29, 0.717) is 6.04 Å². The average Bonchev–Trinajstić information content (AvgIpc) is 2.95. The summed E-state index contributed by atoms with van der Waals surface area (Å²) in [4.78, 5) is 0. The van der Waals surface area contributed by atoms with Crippen LogP contribution in [0.1, 0.15) is 49.6 Å². The monoisotopic (exact) mass is 249 g/mol. The Labute approximate surface area is 111 Å². The predicted molar refractivity (Wildman–Crippen MR) is 75.9 cm³/mol. The molecule has 1 aliphatic carbocycles. The van der Waals surface area contributed by atoms with Crippen LogP contribution < -0.4 is 5.32 Å². The second-order valence-corrected chi connectivity index (χ2v) is 5.69. The van der Waals surface area contributed by atoms with Gasteiger partial charge in [-0.2, -0.15) is 5.10 Å². The molecular weight excluding hydrogens is 222 g/mol. The van der Waals surface area contributed by atoms with E-state index in [1.807, 2.05) is 0 Å². The minimum absolute atomic E-state index is 0.593. The quantitative estimate of drug-likeness (QED) is 0.869. The van der Waals surface area contributed by atoms with Gasteiger partial charge in [0.05, 0.1) is 12.2 Å². The first-order valence-corrected chi connectivity index (χ1v) is 7.37. The highest BCUT2D eigenvalue weighted by Crippen LogP contribution is 2.28. The molecule has 1 saturated carbocycles. The van der Waals surface area contributed by atoms with Gasteiger partial charge in [-0.1, -0.05) is 19.8 Å². The van der Waals surface area contributed by atoms with E-state index in [-0.39, 0.29) is 0 Å². The van der Waals surface area contributed by atoms with Gasteiger partial charge in [-0.15, -0.1) is 0 Å². The van der Waals surface area contributed by atoms with Gasteiger partial charge in [-0.3, -0.25) is 4.68 Å². The summed E-state index contributed by atoms with van der Waals surface area (Å²) in [5, 5.41) is 8.35. The van der Waals surface area contributed by atoms with Gasteiger partial charge in [0, 0.05) is 11.7 Å². The van der Waals surface area contributed by atoms with E-state index in [9.17, 15) is 0 Å². The van der Waals surface area contributed by atoms with Crippen molar-refractivity contribution in [2.75, 3.05) is 6.54 Å². The molecule has 102 valence electrons. The fourth-order valence-electron chi connectivity index (χ4n) is 3.15. The molecule has 0 amide bonds. The van der Waals surface area contributed by atoms with Crippen molar-refractivity contribution in [1.29, 1.82) is 0 Å². The SMILES string of the molecule is CCNC(Cn1nc(C)c(C)c1C)C1CCCC1. The lowest BCUT2D eigenvalue weighted by Crippen LogP contribution is -2.39. The molecule has 2 rings (SSSR count). The Hall–Kier alpha value is -0.830. The summed E-state index contributed by atoms with van der Waals surface area (Å²) in [6.45, 7) is 10.8. The molecule has 1 aromatic heterocycles. The molecule has 0 aromatic carbocycles. The number of nitrogens with zero attached hydrogens (tertiary/aromatic N) is 2. The van der Waals surface area contributed by atoms with Gasteiger partial charge >= 0.3 is 0 Å². The molecule has 1 N–H and O–H groups in total. The normalized spacial score (nSPS) is 18.4. The van der Waals surface area contributed by atoms with Crippen LogP contribution in [0.3, 0.4) is 0 Å². The van der Waals surface area contributed by atoms with Crippen LogP contribution in [-0.2, 0) is 6.54 Å². The zero-order valence-electron chi connectivity index (χ0n) is 12.3.